The van der Waals surface area contributed by atoms with Crippen molar-refractivity contribution < 1.29 is 0 Å². The Bertz CT molecular complexity index is 543. The third-order valence-corrected chi connectivity index (χ3v) is 4.41. The molecule has 0 amide bonds. The molecule has 3 nitrogen and oxygen atoms in total. The van der Waals surface area contributed by atoms with Crippen molar-refractivity contribution in [2.24, 2.45) is 5.92 Å². The molecule has 1 saturated carbocycles. The van der Waals surface area contributed by atoms with Gasteiger partial charge in [-0.2, -0.15) is 0 Å². The first-order chi connectivity index (χ1) is 8.81. The Hall–Kier alpha value is -1.09. The lowest BCUT2D eigenvalue weighted by atomic mass is 9.99. The number of halogens is 1. The second kappa shape index (κ2) is 4.88. The topological polar surface area (TPSA) is 30.7 Å². The number of hydrogen-bond donors (Lipinski definition) is 0. The van der Waals surface area contributed by atoms with Gasteiger partial charge in [0.15, 0.2) is 0 Å². The second-order valence-electron chi connectivity index (χ2n) is 5.18. The lowest BCUT2D eigenvalue weighted by Crippen LogP contribution is -2.16. The smallest absolute Gasteiger partial charge is 0.125 e. The quantitative estimate of drug-likeness (QED) is 0.786. The molecular weight excluding hydrogens is 246 g/mol. The Labute approximate surface area is 112 Å². The second-order valence-corrected chi connectivity index (χ2v) is 5.45. The van der Waals surface area contributed by atoms with E-state index < -0.39 is 0 Å². The zero-order valence-electron chi connectivity index (χ0n) is 10.6. The molecule has 0 bridgehead atoms. The van der Waals surface area contributed by atoms with Crippen LogP contribution in [0.3, 0.4) is 0 Å². The van der Waals surface area contributed by atoms with Crippen LogP contribution in [-0.4, -0.2) is 14.5 Å². The summed E-state index contributed by atoms with van der Waals surface area (Å²) >= 11 is 6.05. The van der Waals surface area contributed by atoms with Crippen LogP contribution in [0, 0.1) is 5.92 Å². The molecule has 96 valence electrons. The average molecular weight is 264 g/mol. The van der Waals surface area contributed by atoms with E-state index in [4.69, 9.17) is 11.6 Å². The molecule has 1 aliphatic carbocycles. The number of pyridine rings is 1. The van der Waals surface area contributed by atoms with Gasteiger partial charge in [0.1, 0.15) is 11.3 Å². The Morgan fingerprint density at radius 1 is 1.44 bits per heavy atom. The van der Waals surface area contributed by atoms with E-state index in [1.54, 1.807) is 0 Å². The van der Waals surface area contributed by atoms with Crippen molar-refractivity contribution in [3.8, 4) is 0 Å². The molecule has 0 aromatic carbocycles. The Morgan fingerprint density at radius 3 is 2.94 bits per heavy atom. The van der Waals surface area contributed by atoms with Gasteiger partial charge in [-0.25, -0.2) is 4.98 Å². The maximum absolute atomic E-state index is 6.05. The minimum absolute atomic E-state index is 0.464. The fraction of sp³-hybridized carbons (Fsp3) is 0.571. The molecule has 3 rings (SSSR count). The average Bonchev–Trinajstić information content (AvgIpc) is 3.04. The Balaban J connectivity index is 2.08. The molecule has 4 heteroatoms. The van der Waals surface area contributed by atoms with Crippen molar-refractivity contribution in [1.82, 2.24) is 14.5 Å². The van der Waals surface area contributed by atoms with E-state index in [9.17, 15) is 0 Å². The summed E-state index contributed by atoms with van der Waals surface area (Å²) in [5, 5.41) is 0. The lowest BCUT2D eigenvalue weighted by Gasteiger charge is -2.23. The number of aromatic nitrogens is 3. The Morgan fingerprint density at radius 2 is 2.22 bits per heavy atom. The van der Waals surface area contributed by atoms with Crippen molar-refractivity contribution in [3.63, 3.8) is 0 Å². The van der Waals surface area contributed by atoms with Crippen molar-refractivity contribution in [2.75, 3.05) is 0 Å². The van der Waals surface area contributed by atoms with Crippen LogP contribution in [-0.2, 0) is 5.88 Å². The summed E-state index contributed by atoms with van der Waals surface area (Å²) in [7, 11) is 0. The molecule has 18 heavy (non-hydrogen) atoms. The highest BCUT2D eigenvalue weighted by Crippen LogP contribution is 2.36. The first kappa shape index (κ1) is 12.0. The van der Waals surface area contributed by atoms with E-state index in [1.165, 1.54) is 31.2 Å². The zero-order valence-corrected chi connectivity index (χ0v) is 11.4. The minimum atomic E-state index is 0.464. The van der Waals surface area contributed by atoms with Crippen molar-refractivity contribution in [1.29, 1.82) is 0 Å². The predicted octanol–water partition coefficient (Wildman–Crippen LogP) is 3.92. The van der Waals surface area contributed by atoms with E-state index in [-0.39, 0.29) is 0 Å². The van der Waals surface area contributed by atoms with Crippen LogP contribution in [0.4, 0.5) is 0 Å². The van der Waals surface area contributed by atoms with Crippen LogP contribution < -0.4 is 0 Å². The summed E-state index contributed by atoms with van der Waals surface area (Å²) in [5.74, 6) is 2.20. The molecule has 0 aliphatic heterocycles. The van der Waals surface area contributed by atoms with Gasteiger partial charge in [-0.05, 0) is 31.7 Å². The fourth-order valence-corrected chi connectivity index (χ4v) is 3.39. The molecule has 1 unspecified atom stereocenters. The number of nitrogens with zero attached hydrogens (tertiary/aromatic N) is 3. The molecule has 1 aliphatic rings. The van der Waals surface area contributed by atoms with Gasteiger partial charge in [0.05, 0.1) is 17.6 Å². The maximum atomic E-state index is 6.05. The van der Waals surface area contributed by atoms with Crippen LogP contribution in [0.2, 0.25) is 0 Å². The molecule has 0 saturated heterocycles. The molecule has 0 radical (unpaired) electrons. The van der Waals surface area contributed by atoms with Gasteiger partial charge in [-0.3, -0.25) is 4.98 Å². The van der Waals surface area contributed by atoms with Crippen LogP contribution in [0.25, 0.3) is 11.0 Å². The number of fused-ring (bicyclic) bond motifs is 1. The third kappa shape index (κ3) is 1.91. The summed E-state index contributed by atoms with van der Waals surface area (Å²) < 4.78 is 2.32. The fourth-order valence-electron chi connectivity index (χ4n) is 3.20. The van der Waals surface area contributed by atoms with Crippen LogP contribution in [0.1, 0.15) is 44.5 Å². The number of rotatable bonds is 3. The largest absolute Gasteiger partial charge is 0.324 e. The molecule has 0 spiro atoms. The minimum Gasteiger partial charge on any atom is -0.324 e. The summed E-state index contributed by atoms with van der Waals surface area (Å²) in [4.78, 5) is 8.73. The number of imidazole rings is 1. The van der Waals surface area contributed by atoms with E-state index in [0.717, 1.165) is 17.3 Å². The number of alkyl halides is 1. The first-order valence-electron chi connectivity index (χ1n) is 6.68. The highest BCUT2D eigenvalue weighted by atomic mass is 35.5. The van der Waals surface area contributed by atoms with Crippen molar-refractivity contribution in [2.45, 2.75) is 44.5 Å². The standard InChI is InChI=1S/C14H18ClN3/c1-10(11-4-2-3-5-11)18-13-6-7-16-9-12(13)17-14(18)8-15/h6-7,9-11H,2-5,8H2,1H3. The molecule has 1 atom stereocenters. The highest BCUT2D eigenvalue weighted by molar-refractivity contribution is 6.16. The third-order valence-electron chi connectivity index (χ3n) is 4.17. The normalized spacial score (nSPS) is 18.6. The van der Waals surface area contributed by atoms with Gasteiger partial charge in [0.25, 0.3) is 0 Å². The molecule has 0 N–H and O–H groups in total. The van der Waals surface area contributed by atoms with Crippen LogP contribution in [0.5, 0.6) is 0 Å². The number of hydrogen-bond acceptors (Lipinski definition) is 2. The van der Waals surface area contributed by atoms with Crippen LogP contribution in [0.15, 0.2) is 18.5 Å². The SMILES string of the molecule is CC(C1CCCC1)n1c(CCl)nc2cnccc21. The van der Waals surface area contributed by atoms with E-state index >= 15 is 0 Å². The molecular formula is C14H18ClN3. The summed E-state index contributed by atoms with van der Waals surface area (Å²) in [6.07, 6.45) is 9.03. The van der Waals surface area contributed by atoms with Crippen molar-refractivity contribution >= 4 is 22.6 Å². The zero-order chi connectivity index (χ0) is 12.5. The van der Waals surface area contributed by atoms with Crippen LogP contribution >= 0.6 is 11.6 Å². The van der Waals surface area contributed by atoms with E-state index in [1.807, 2.05) is 18.5 Å². The van der Waals surface area contributed by atoms with E-state index in [0.29, 0.717) is 11.9 Å². The molecule has 2 aromatic heterocycles. The van der Waals surface area contributed by atoms with Gasteiger partial charge < -0.3 is 4.57 Å². The Kier molecular flexibility index (Phi) is 3.25. The highest BCUT2D eigenvalue weighted by Gasteiger charge is 2.25. The van der Waals surface area contributed by atoms with Gasteiger partial charge in [0, 0.05) is 12.2 Å². The molecule has 2 heterocycles. The van der Waals surface area contributed by atoms with Gasteiger partial charge in [-0.15, -0.1) is 11.6 Å². The lowest BCUT2D eigenvalue weighted by molar-refractivity contribution is 0.362. The molecule has 2 aromatic rings. The van der Waals surface area contributed by atoms with Crippen molar-refractivity contribution in [3.05, 3.63) is 24.3 Å². The molecule has 1 fully saturated rings. The van der Waals surface area contributed by atoms with Gasteiger partial charge >= 0.3 is 0 Å². The maximum Gasteiger partial charge on any atom is 0.125 e. The summed E-state index contributed by atoms with van der Waals surface area (Å²) in [6, 6.07) is 2.53. The van der Waals surface area contributed by atoms with E-state index in [2.05, 4.69) is 21.5 Å². The van der Waals surface area contributed by atoms with Gasteiger partial charge in [-0.1, -0.05) is 12.8 Å². The summed E-state index contributed by atoms with van der Waals surface area (Å²) in [5.41, 5.74) is 2.12. The predicted molar refractivity (Wildman–Crippen MR) is 73.8 cm³/mol. The van der Waals surface area contributed by atoms with Gasteiger partial charge in [0.2, 0.25) is 0 Å². The monoisotopic (exact) mass is 263 g/mol. The summed E-state index contributed by atoms with van der Waals surface area (Å²) in [6.45, 7) is 2.30. The first-order valence-corrected chi connectivity index (χ1v) is 7.21.